The van der Waals surface area contributed by atoms with Gasteiger partial charge < -0.3 is 33.8 Å². The molecule has 4 unspecified atom stereocenters. The van der Waals surface area contributed by atoms with Gasteiger partial charge in [-0.15, -0.1) is 0 Å². The van der Waals surface area contributed by atoms with Gasteiger partial charge in [-0.25, -0.2) is 9.13 Å². The third-order valence-corrected chi connectivity index (χ3v) is 17.7. The third-order valence-electron chi connectivity index (χ3n) is 15.8. The number of ether oxygens (including phenoxy) is 4. The summed E-state index contributed by atoms with van der Waals surface area (Å²) < 4.78 is 68.1. The second-order valence-electron chi connectivity index (χ2n) is 25.3. The number of hydrogen-bond acceptors (Lipinski definition) is 15. The smallest absolute Gasteiger partial charge is 0.462 e. The van der Waals surface area contributed by atoms with E-state index in [1.165, 1.54) is 116 Å². The van der Waals surface area contributed by atoms with Crippen LogP contribution in [0.15, 0.2) is 0 Å². The molecule has 0 saturated heterocycles. The van der Waals surface area contributed by atoms with Crippen molar-refractivity contribution in [1.29, 1.82) is 0 Å². The van der Waals surface area contributed by atoms with Crippen molar-refractivity contribution in [1.82, 2.24) is 0 Å². The summed E-state index contributed by atoms with van der Waals surface area (Å²) in [5.74, 6) is 0.824. The van der Waals surface area contributed by atoms with Crippen LogP contribution in [0.4, 0.5) is 0 Å². The van der Waals surface area contributed by atoms with Gasteiger partial charge in [0.2, 0.25) is 0 Å². The number of aliphatic hydroxyl groups is 1. The Kier molecular flexibility index (Phi) is 54.8. The molecule has 0 aliphatic carbocycles. The van der Waals surface area contributed by atoms with E-state index in [1.807, 2.05) is 0 Å². The summed E-state index contributed by atoms with van der Waals surface area (Å²) in [6.45, 7) is 14.0. The Balaban J connectivity index is 5.27. The summed E-state index contributed by atoms with van der Waals surface area (Å²) in [4.78, 5) is 72.3. The topological polar surface area (TPSA) is 237 Å². The second-order valence-corrected chi connectivity index (χ2v) is 28.2. The molecule has 0 saturated carbocycles. The van der Waals surface area contributed by atoms with E-state index in [4.69, 9.17) is 37.0 Å². The molecule has 0 bridgehead atoms. The molecule has 0 aromatic rings. The number of esters is 4. The van der Waals surface area contributed by atoms with Crippen molar-refractivity contribution in [2.24, 2.45) is 23.7 Å². The van der Waals surface area contributed by atoms with Gasteiger partial charge in [0.05, 0.1) is 26.4 Å². The van der Waals surface area contributed by atoms with E-state index in [-0.39, 0.29) is 25.7 Å². The molecule has 17 nitrogen and oxygen atoms in total. The largest absolute Gasteiger partial charge is 0.472 e. The summed E-state index contributed by atoms with van der Waals surface area (Å²) in [5, 5.41) is 10.6. The maximum atomic E-state index is 13.0. The van der Waals surface area contributed by atoms with Crippen molar-refractivity contribution in [3.63, 3.8) is 0 Å². The first-order valence-electron chi connectivity index (χ1n) is 34.3. The molecule has 0 aliphatic rings. The van der Waals surface area contributed by atoms with Crippen LogP contribution in [0.5, 0.6) is 0 Å². The minimum atomic E-state index is -4.95. The van der Waals surface area contributed by atoms with Gasteiger partial charge in [-0.05, 0) is 49.4 Å². The Morgan fingerprint density at radius 1 is 0.329 bits per heavy atom. The summed E-state index contributed by atoms with van der Waals surface area (Å²) >= 11 is 0. The molecular weight excluding hydrogens is 1130 g/mol. The van der Waals surface area contributed by atoms with Crippen LogP contribution in [0, 0.1) is 23.7 Å². The molecule has 0 amide bonds. The van der Waals surface area contributed by atoms with E-state index < -0.39 is 97.5 Å². The SMILES string of the molecule is CCC(C)CCCCCCCCCCC(=O)O[C@H](COC(=O)CCCCCCCCCCCC(C)C)COP(=O)(O)OC[C@@H](O)COP(=O)(O)OC[C@@H](COC(=O)CCCCCCCCC(C)CC)OC(=O)CCCCCCCCCCC(C)C. The Morgan fingerprint density at radius 3 is 0.835 bits per heavy atom. The average molecular weight is 1260 g/mol. The first-order chi connectivity index (χ1) is 40.7. The van der Waals surface area contributed by atoms with Gasteiger partial charge in [-0.3, -0.25) is 37.3 Å². The predicted octanol–water partition coefficient (Wildman–Crippen LogP) is 18.1. The Labute approximate surface area is 517 Å². The molecule has 19 heteroatoms. The molecule has 7 atom stereocenters. The van der Waals surface area contributed by atoms with Crippen molar-refractivity contribution >= 4 is 39.5 Å². The van der Waals surface area contributed by atoms with Gasteiger partial charge in [-0.2, -0.15) is 0 Å². The van der Waals surface area contributed by atoms with Crippen LogP contribution >= 0.6 is 15.6 Å². The van der Waals surface area contributed by atoms with Crippen LogP contribution in [0.2, 0.25) is 0 Å². The Morgan fingerprint density at radius 2 is 0.565 bits per heavy atom. The number of phosphoric ester groups is 2. The standard InChI is InChI=1S/C66H128O17P2/c1-9-58(7)44-36-28-20-15-17-23-33-41-49-66(71)82-61(52-76-63(68)46-38-30-21-13-11-12-18-26-34-42-56(3)4)54-80-84(72,73)78-50-60(67)51-79-85(74,75)81-55-62(53-77-64(69)47-39-31-25-24-29-37-45-59(8)10-2)83-65(70)48-40-32-22-16-14-19-27-35-43-57(5)6/h56-62,67H,9-55H2,1-8H3,(H,72,73)(H,74,75)/t58?,59?,60-,61-,62-/m1/s1. The van der Waals surface area contributed by atoms with Crippen molar-refractivity contribution in [2.45, 2.75) is 337 Å². The fourth-order valence-electron chi connectivity index (χ4n) is 9.72. The summed E-state index contributed by atoms with van der Waals surface area (Å²) in [5.41, 5.74) is 0. The Bertz CT molecular complexity index is 1700. The van der Waals surface area contributed by atoms with E-state index in [1.54, 1.807) is 0 Å². The summed E-state index contributed by atoms with van der Waals surface area (Å²) in [6, 6.07) is 0. The molecule has 504 valence electrons. The fourth-order valence-corrected chi connectivity index (χ4v) is 11.3. The molecule has 0 aliphatic heterocycles. The van der Waals surface area contributed by atoms with Crippen LogP contribution in [0.25, 0.3) is 0 Å². The van der Waals surface area contributed by atoms with E-state index in [2.05, 4.69) is 55.4 Å². The molecule has 0 rings (SSSR count). The van der Waals surface area contributed by atoms with E-state index in [9.17, 15) is 43.2 Å². The lowest BCUT2D eigenvalue weighted by molar-refractivity contribution is -0.161. The van der Waals surface area contributed by atoms with E-state index in [0.717, 1.165) is 120 Å². The van der Waals surface area contributed by atoms with Crippen molar-refractivity contribution in [3.05, 3.63) is 0 Å². The number of hydrogen-bond donors (Lipinski definition) is 3. The summed E-state index contributed by atoms with van der Waals surface area (Å²) in [6.07, 6.45) is 36.2. The normalized spacial score (nSPS) is 15.0. The van der Waals surface area contributed by atoms with Gasteiger partial charge >= 0.3 is 39.5 Å². The summed E-state index contributed by atoms with van der Waals surface area (Å²) in [7, 11) is -9.89. The Hall–Kier alpha value is -1.94. The molecule has 0 radical (unpaired) electrons. The lowest BCUT2D eigenvalue weighted by Crippen LogP contribution is -2.30. The zero-order valence-corrected chi connectivity index (χ0v) is 57.0. The number of aliphatic hydroxyl groups excluding tert-OH is 1. The van der Waals surface area contributed by atoms with Crippen LogP contribution < -0.4 is 0 Å². The van der Waals surface area contributed by atoms with Crippen molar-refractivity contribution in [3.8, 4) is 0 Å². The number of rotatable bonds is 63. The fraction of sp³-hybridized carbons (Fsp3) is 0.939. The van der Waals surface area contributed by atoms with Crippen LogP contribution in [-0.4, -0.2) is 96.7 Å². The molecule has 0 aromatic carbocycles. The molecule has 3 N–H and O–H groups in total. The van der Waals surface area contributed by atoms with Crippen LogP contribution in [0.3, 0.4) is 0 Å². The molecule has 0 heterocycles. The highest BCUT2D eigenvalue weighted by Crippen LogP contribution is 2.45. The highest BCUT2D eigenvalue weighted by atomic mass is 31.2. The lowest BCUT2D eigenvalue weighted by Gasteiger charge is -2.21. The van der Waals surface area contributed by atoms with Crippen LogP contribution in [0.1, 0.15) is 319 Å². The van der Waals surface area contributed by atoms with Gasteiger partial charge in [0.15, 0.2) is 12.2 Å². The van der Waals surface area contributed by atoms with Gasteiger partial charge in [-0.1, -0.05) is 267 Å². The molecule has 0 spiro atoms. The van der Waals surface area contributed by atoms with E-state index >= 15 is 0 Å². The predicted molar refractivity (Wildman–Crippen MR) is 340 cm³/mol. The molecular formula is C66H128O17P2. The lowest BCUT2D eigenvalue weighted by atomic mass is 9.99. The molecule has 0 aromatic heterocycles. The number of carbonyl (C=O) groups excluding carboxylic acids is 4. The second kappa shape index (κ2) is 56.1. The molecule has 85 heavy (non-hydrogen) atoms. The zero-order valence-electron chi connectivity index (χ0n) is 55.2. The third kappa shape index (κ3) is 58.2. The highest BCUT2D eigenvalue weighted by molar-refractivity contribution is 7.47. The van der Waals surface area contributed by atoms with Crippen molar-refractivity contribution in [2.75, 3.05) is 39.6 Å². The first kappa shape index (κ1) is 83.1. The quantitative estimate of drug-likeness (QED) is 0.0222. The first-order valence-corrected chi connectivity index (χ1v) is 37.3. The maximum absolute atomic E-state index is 13.0. The van der Waals surface area contributed by atoms with Gasteiger partial charge in [0, 0.05) is 25.7 Å². The average Bonchev–Trinajstić information content (AvgIpc) is 3.62. The number of carbonyl (C=O) groups is 4. The van der Waals surface area contributed by atoms with Crippen molar-refractivity contribution < 1.29 is 80.2 Å². The number of unbranched alkanes of at least 4 members (excludes halogenated alkanes) is 27. The van der Waals surface area contributed by atoms with Gasteiger partial charge in [0.1, 0.15) is 19.3 Å². The minimum Gasteiger partial charge on any atom is -0.462 e. The highest BCUT2D eigenvalue weighted by Gasteiger charge is 2.30. The monoisotopic (exact) mass is 1250 g/mol. The van der Waals surface area contributed by atoms with Gasteiger partial charge in [0.25, 0.3) is 0 Å². The molecule has 0 fully saturated rings. The van der Waals surface area contributed by atoms with Crippen LogP contribution in [-0.2, 0) is 65.4 Å². The van der Waals surface area contributed by atoms with E-state index in [0.29, 0.717) is 25.7 Å². The maximum Gasteiger partial charge on any atom is 0.472 e. The number of phosphoric acid groups is 2. The minimum absolute atomic E-state index is 0.103. The zero-order chi connectivity index (χ0) is 63.2.